The van der Waals surface area contributed by atoms with Crippen LogP contribution >= 0.6 is 0 Å². The third kappa shape index (κ3) is 5.16. The van der Waals surface area contributed by atoms with Crippen LogP contribution in [-0.2, 0) is 0 Å². The van der Waals surface area contributed by atoms with E-state index < -0.39 is 0 Å². The van der Waals surface area contributed by atoms with Crippen LogP contribution in [0.25, 0.3) is 0 Å². The fourth-order valence-corrected chi connectivity index (χ4v) is 1.65. The number of ether oxygens (including phenoxy) is 1. The Hall–Kier alpha value is -1.63. The van der Waals surface area contributed by atoms with Crippen molar-refractivity contribution in [2.24, 2.45) is 0 Å². The van der Waals surface area contributed by atoms with E-state index in [0.29, 0.717) is 30.9 Å². The van der Waals surface area contributed by atoms with Crippen LogP contribution in [0.15, 0.2) is 0 Å². The standard InChI is InChI=1S/C13H25N5O2/c1-5-14-11-15-12(18(6-2)8-7-9-19)17-13(16-11)20-10(3)4/h10,19H,5-9H2,1-4H3,(H,14,15,16,17). The molecule has 1 aromatic rings. The van der Waals surface area contributed by atoms with Gasteiger partial charge in [0.25, 0.3) is 0 Å². The number of hydrogen-bond donors (Lipinski definition) is 2. The summed E-state index contributed by atoms with van der Waals surface area (Å²) in [5.74, 6) is 1.08. The number of anilines is 2. The van der Waals surface area contributed by atoms with Crippen molar-refractivity contribution in [1.29, 1.82) is 0 Å². The Morgan fingerprint density at radius 3 is 2.55 bits per heavy atom. The minimum atomic E-state index is 0.00671. The highest BCUT2D eigenvalue weighted by Crippen LogP contribution is 2.16. The first kappa shape index (κ1) is 16.4. The van der Waals surface area contributed by atoms with Crippen LogP contribution in [0.5, 0.6) is 6.01 Å². The van der Waals surface area contributed by atoms with E-state index in [2.05, 4.69) is 20.3 Å². The molecule has 0 aromatic carbocycles. The maximum absolute atomic E-state index is 8.95. The molecule has 1 aromatic heterocycles. The summed E-state index contributed by atoms with van der Waals surface area (Å²) in [5, 5.41) is 12.0. The third-order valence-electron chi connectivity index (χ3n) is 2.53. The van der Waals surface area contributed by atoms with Gasteiger partial charge >= 0.3 is 6.01 Å². The Balaban J connectivity index is 2.98. The van der Waals surface area contributed by atoms with Crippen molar-refractivity contribution >= 4 is 11.9 Å². The zero-order valence-electron chi connectivity index (χ0n) is 12.8. The highest BCUT2D eigenvalue weighted by atomic mass is 16.5. The molecule has 7 nitrogen and oxygen atoms in total. The quantitative estimate of drug-likeness (QED) is 0.706. The zero-order chi connectivity index (χ0) is 15.0. The molecule has 0 aliphatic rings. The molecule has 2 N–H and O–H groups in total. The van der Waals surface area contributed by atoms with Gasteiger partial charge in [-0.15, -0.1) is 0 Å². The first-order chi connectivity index (χ1) is 9.60. The van der Waals surface area contributed by atoms with Gasteiger partial charge in [0, 0.05) is 26.2 Å². The van der Waals surface area contributed by atoms with E-state index in [1.807, 2.05) is 32.6 Å². The molecule has 0 aliphatic carbocycles. The Kier molecular flexibility index (Phi) is 7.00. The van der Waals surface area contributed by atoms with Crippen molar-refractivity contribution < 1.29 is 9.84 Å². The molecule has 1 heterocycles. The summed E-state index contributed by atoms with van der Waals surface area (Å²) in [7, 11) is 0. The summed E-state index contributed by atoms with van der Waals surface area (Å²) >= 11 is 0. The molecule has 0 saturated carbocycles. The number of nitrogens with zero attached hydrogens (tertiary/aromatic N) is 4. The lowest BCUT2D eigenvalue weighted by Crippen LogP contribution is -2.27. The molecule has 0 bridgehead atoms. The Bertz CT molecular complexity index is 400. The first-order valence-electron chi connectivity index (χ1n) is 7.13. The van der Waals surface area contributed by atoms with E-state index in [4.69, 9.17) is 9.84 Å². The average Bonchev–Trinajstić information content (AvgIpc) is 2.39. The first-order valence-corrected chi connectivity index (χ1v) is 7.13. The van der Waals surface area contributed by atoms with E-state index in [1.165, 1.54) is 0 Å². The zero-order valence-corrected chi connectivity index (χ0v) is 12.8. The second-order valence-corrected chi connectivity index (χ2v) is 4.60. The number of aliphatic hydroxyl groups excluding tert-OH is 1. The predicted octanol–water partition coefficient (Wildman–Crippen LogP) is 1.30. The molecule has 0 amide bonds. The third-order valence-corrected chi connectivity index (χ3v) is 2.53. The highest BCUT2D eigenvalue weighted by molar-refractivity contribution is 5.38. The number of rotatable bonds is 9. The van der Waals surface area contributed by atoms with Gasteiger partial charge in [-0.05, 0) is 34.1 Å². The SMILES string of the molecule is CCNc1nc(OC(C)C)nc(N(CC)CCCO)n1. The van der Waals surface area contributed by atoms with E-state index in [0.717, 1.165) is 13.1 Å². The summed E-state index contributed by atoms with van der Waals surface area (Å²) in [4.78, 5) is 14.9. The van der Waals surface area contributed by atoms with Gasteiger partial charge in [-0.3, -0.25) is 0 Å². The number of aliphatic hydroxyl groups is 1. The van der Waals surface area contributed by atoms with E-state index in [9.17, 15) is 0 Å². The molecule has 20 heavy (non-hydrogen) atoms. The van der Waals surface area contributed by atoms with Gasteiger partial charge in [-0.2, -0.15) is 15.0 Å². The molecular formula is C13H25N5O2. The summed E-state index contributed by atoms with van der Waals surface area (Å²) in [5.41, 5.74) is 0. The van der Waals surface area contributed by atoms with Crippen LogP contribution in [0.4, 0.5) is 11.9 Å². The largest absolute Gasteiger partial charge is 0.461 e. The van der Waals surface area contributed by atoms with Crippen molar-refractivity contribution in [3.05, 3.63) is 0 Å². The molecule has 0 spiro atoms. The Morgan fingerprint density at radius 2 is 2.00 bits per heavy atom. The van der Waals surface area contributed by atoms with E-state index in [-0.39, 0.29) is 12.7 Å². The smallest absolute Gasteiger partial charge is 0.323 e. The van der Waals surface area contributed by atoms with Crippen LogP contribution < -0.4 is 15.0 Å². The summed E-state index contributed by atoms with van der Waals surface area (Å²) in [6.45, 7) is 10.2. The molecule has 0 atom stereocenters. The fraction of sp³-hybridized carbons (Fsp3) is 0.769. The molecule has 114 valence electrons. The van der Waals surface area contributed by atoms with Crippen molar-refractivity contribution in [3.63, 3.8) is 0 Å². The van der Waals surface area contributed by atoms with Gasteiger partial charge in [-0.25, -0.2) is 0 Å². The van der Waals surface area contributed by atoms with Crippen molar-refractivity contribution in [2.75, 3.05) is 36.5 Å². The topological polar surface area (TPSA) is 83.4 Å². The van der Waals surface area contributed by atoms with Crippen LogP contribution in [0, 0.1) is 0 Å². The lowest BCUT2D eigenvalue weighted by molar-refractivity contribution is 0.222. The molecule has 0 saturated heterocycles. The van der Waals surface area contributed by atoms with E-state index >= 15 is 0 Å². The van der Waals surface area contributed by atoms with Crippen LogP contribution in [0.1, 0.15) is 34.1 Å². The highest BCUT2D eigenvalue weighted by Gasteiger charge is 2.13. The Labute approximate surface area is 120 Å². The molecule has 0 fully saturated rings. The number of aromatic nitrogens is 3. The second kappa shape index (κ2) is 8.52. The van der Waals surface area contributed by atoms with Crippen LogP contribution in [0.2, 0.25) is 0 Å². The number of hydrogen-bond acceptors (Lipinski definition) is 7. The normalized spacial score (nSPS) is 10.7. The monoisotopic (exact) mass is 283 g/mol. The second-order valence-electron chi connectivity index (χ2n) is 4.60. The lowest BCUT2D eigenvalue weighted by atomic mass is 10.4. The number of nitrogens with one attached hydrogen (secondary N) is 1. The minimum absolute atomic E-state index is 0.00671. The van der Waals surface area contributed by atoms with Gasteiger partial charge in [0.15, 0.2) is 0 Å². The molecule has 0 aliphatic heterocycles. The minimum Gasteiger partial charge on any atom is -0.461 e. The van der Waals surface area contributed by atoms with Crippen molar-refractivity contribution in [1.82, 2.24) is 15.0 Å². The van der Waals surface area contributed by atoms with Crippen LogP contribution in [-0.4, -0.2) is 52.4 Å². The fourth-order valence-electron chi connectivity index (χ4n) is 1.65. The molecule has 7 heteroatoms. The van der Waals surface area contributed by atoms with Gasteiger partial charge < -0.3 is 20.1 Å². The van der Waals surface area contributed by atoms with Gasteiger partial charge in [0.1, 0.15) is 0 Å². The van der Waals surface area contributed by atoms with Crippen molar-refractivity contribution in [3.8, 4) is 6.01 Å². The summed E-state index contributed by atoms with van der Waals surface area (Å²) in [6, 6.07) is 0.323. The van der Waals surface area contributed by atoms with Crippen molar-refractivity contribution in [2.45, 2.75) is 40.2 Å². The average molecular weight is 283 g/mol. The lowest BCUT2D eigenvalue weighted by Gasteiger charge is -2.21. The molecule has 0 radical (unpaired) electrons. The summed E-state index contributed by atoms with van der Waals surface area (Å²) in [6.07, 6.45) is 0.684. The Morgan fingerprint density at radius 1 is 1.25 bits per heavy atom. The molecular weight excluding hydrogens is 258 g/mol. The predicted molar refractivity (Wildman–Crippen MR) is 79.3 cm³/mol. The van der Waals surface area contributed by atoms with Crippen LogP contribution in [0.3, 0.4) is 0 Å². The molecule has 0 unspecified atom stereocenters. The van der Waals surface area contributed by atoms with E-state index in [1.54, 1.807) is 0 Å². The maximum atomic E-state index is 8.95. The van der Waals surface area contributed by atoms with Gasteiger partial charge in [-0.1, -0.05) is 0 Å². The van der Waals surface area contributed by atoms with Gasteiger partial charge in [0.05, 0.1) is 6.10 Å². The van der Waals surface area contributed by atoms with Gasteiger partial charge in [0.2, 0.25) is 11.9 Å². The summed E-state index contributed by atoms with van der Waals surface area (Å²) < 4.78 is 5.56. The molecule has 1 rings (SSSR count). The maximum Gasteiger partial charge on any atom is 0.323 e.